The van der Waals surface area contributed by atoms with Crippen molar-refractivity contribution in [3.05, 3.63) is 41.6 Å². The van der Waals surface area contributed by atoms with Crippen LogP contribution in [-0.4, -0.2) is 35.4 Å². The van der Waals surface area contributed by atoms with E-state index < -0.39 is 0 Å². The average molecular weight is 396 g/mol. The Hall–Kier alpha value is -3.01. The Labute approximate surface area is 174 Å². The van der Waals surface area contributed by atoms with Gasteiger partial charge in [0.05, 0.1) is 11.4 Å². The van der Waals surface area contributed by atoms with Crippen LogP contribution >= 0.6 is 0 Å². The zero-order valence-corrected chi connectivity index (χ0v) is 17.8. The second-order valence-electron chi connectivity index (χ2n) is 7.00. The van der Waals surface area contributed by atoms with Gasteiger partial charge in [-0.2, -0.15) is 10.4 Å². The molecule has 0 radical (unpaired) electrons. The summed E-state index contributed by atoms with van der Waals surface area (Å²) >= 11 is 0. The Balaban J connectivity index is 1.97. The van der Waals surface area contributed by atoms with Gasteiger partial charge >= 0.3 is 0 Å². The molecule has 0 atom stereocenters. The van der Waals surface area contributed by atoms with E-state index in [1.165, 1.54) is 0 Å². The summed E-state index contributed by atoms with van der Waals surface area (Å²) in [5, 5.41) is 20.8. The number of aromatic nitrogens is 2. The molecular formula is C22H33N7. The highest BCUT2D eigenvalue weighted by molar-refractivity contribution is 5.79. The molecule has 4 N–H and O–H groups in total. The van der Waals surface area contributed by atoms with Crippen molar-refractivity contribution in [1.82, 2.24) is 20.4 Å². The number of anilines is 1. The van der Waals surface area contributed by atoms with E-state index >= 15 is 0 Å². The summed E-state index contributed by atoms with van der Waals surface area (Å²) in [5.41, 5.74) is 8.21. The van der Waals surface area contributed by atoms with Crippen molar-refractivity contribution in [2.45, 2.75) is 46.5 Å². The first-order valence-corrected chi connectivity index (χ1v) is 10.5. The predicted octanol–water partition coefficient (Wildman–Crippen LogP) is 3.25. The fourth-order valence-corrected chi connectivity index (χ4v) is 3.11. The zero-order chi connectivity index (χ0) is 21.1. The summed E-state index contributed by atoms with van der Waals surface area (Å²) in [7, 11) is 0. The molecule has 1 aromatic carbocycles. The number of rotatable bonds is 10. The van der Waals surface area contributed by atoms with Crippen molar-refractivity contribution < 1.29 is 0 Å². The Morgan fingerprint density at radius 3 is 2.55 bits per heavy atom. The predicted molar refractivity (Wildman–Crippen MR) is 119 cm³/mol. The number of benzene rings is 1. The van der Waals surface area contributed by atoms with Crippen molar-refractivity contribution in [2.75, 3.05) is 25.4 Å². The van der Waals surface area contributed by atoms with Crippen LogP contribution in [0.2, 0.25) is 0 Å². The fourth-order valence-electron chi connectivity index (χ4n) is 3.11. The second kappa shape index (κ2) is 11.7. The molecule has 0 saturated carbocycles. The van der Waals surface area contributed by atoms with Crippen LogP contribution in [0.3, 0.4) is 0 Å². The Morgan fingerprint density at radius 1 is 1.21 bits per heavy atom. The highest BCUT2D eigenvalue weighted by Crippen LogP contribution is 2.21. The SMILES string of the molecule is CCNC(=NCC(CC)CC)NCCCc1nn(-c2ccccc2)c(N)c1C#N. The molecule has 0 aliphatic carbocycles. The Morgan fingerprint density at radius 2 is 1.93 bits per heavy atom. The van der Waals surface area contributed by atoms with E-state index in [9.17, 15) is 5.26 Å². The Bertz CT molecular complexity index is 814. The molecule has 0 aliphatic rings. The number of nitriles is 1. The molecule has 1 aromatic heterocycles. The lowest BCUT2D eigenvalue weighted by Gasteiger charge is -2.13. The van der Waals surface area contributed by atoms with E-state index in [-0.39, 0.29) is 0 Å². The lowest BCUT2D eigenvalue weighted by Crippen LogP contribution is -2.38. The van der Waals surface area contributed by atoms with Gasteiger partial charge in [-0.3, -0.25) is 4.99 Å². The number of aliphatic imine (C=N–C) groups is 1. The number of hydrogen-bond donors (Lipinski definition) is 3. The second-order valence-corrected chi connectivity index (χ2v) is 7.00. The van der Waals surface area contributed by atoms with Crippen LogP contribution in [0.1, 0.15) is 51.3 Å². The number of nitrogens with two attached hydrogens (primary N) is 1. The van der Waals surface area contributed by atoms with Crippen LogP contribution in [0.5, 0.6) is 0 Å². The maximum Gasteiger partial charge on any atom is 0.191 e. The van der Waals surface area contributed by atoms with E-state index in [2.05, 4.69) is 42.6 Å². The molecule has 0 saturated heterocycles. The standard InChI is InChI=1S/C22H33N7/c1-4-17(5-2)16-27-22(25-6-3)26-14-10-13-20-19(15-23)21(24)29(28-20)18-11-8-7-9-12-18/h7-9,11-12,17H,4-6,10,13-14,16,24H2,1-3H3,(H2,25,26,27). The van der Waals surface area contributed by atoms with Gasteiger partial charge in [0.25, 0.3) is 0 Å². The number of para-hydroxylation sites is 1. The quantitative estimate of drug-likeness (QED) is 0.325. The summed E-state index contributed by atoms with van der Waals surface area (Å²) in [5.74, 6) is 1.85. The molecule has 0 fully saturated rings. The molecule has 156 valence electrons. The maximum atomic E-state index is 9.51. The number of nitrogen functional groups attached to an aromatic ring is 1. The van der Waals surface area contributed by atoms with Crippen LogP contribution < -0.4 is 16.4 Å². The van der Waals surface area contributed by atoms with Gasteiger partial charge in [0.2, 0.25) is 0 Å². The van der Waals surface area contributed by atoms with Crippen molar-refractivity contribution >= 4 is 11.8 Å². The van der Waals surface area contributed by atoms with Gasteiger partial charge in [-0.1, -0.05) is 44.9 Å². The lowest BCUT2D eigenvalue weighted by atomic mass is 10.0. The highest BCUT2D eigenvalue weighted by Gasteiger charge is 2.16. The van der Waals surface area contributed by atoms with Gasteiger partial charge in [-0.05, 0) is 37.8 Å². The molecule has 0 aliphatic heterocycles. The molecule has 7 nitrogen and oxygen atoms in total. The van der Waals surface area contributed by atoms with E-state index in [4.69, 9.17) is 10.7 Å². The molecule has 0 bridgehead atoms. The molecule has 2 aromatic rings. The lowest BCUT2D eigenvalue weighted by molar-refractivity contribution is 0.504. The number of nitrogens with zero attached hydrogens (tertiary/aromatic N) is 4. The molecule has 7 heteroatoms. The van der Waals surface area contributed by atoms with E-state index in [0.29, 0.717) is 23.7 Å². The minimum atomic E-state index is 0.390. The van der Waals surface area contributed by atoms with Crippen molar-refractivity contribution in [3.8, 4) is 11.8 Å². The number of hydrogen-bond acceptors (Lipinski definition) is 4. The molecule has 0 spiro atoms. The molecule has 29 heavy (non-hydrogen) atoms. The van der Waals surface area contributed by atoms with E-state index in [1.54, 1.807) is 4.68 Å². The highest BCUT2D eigenvalue weighted by atomic mass is 15.3. The smallest absolute Gasteiger partial charge is 0.191 e. The van der Waals surface area contributed by atoms with Gasteiger partial charge in [0.1, 0.15) is 17.5 Å². The third-order valence-corrected chi connectivity index (χ3v) is 5.00. The third-order valence-electron chi connectivity index (χ3n) is 5.00. The topological polar surface area (TPSA) is 104 Å². The van der Waals surface area contributed by atoms with Gasteiger partial charge < -0.3 is 16.4 Å². The van der Waals surface area contributed by atoms with Crippen LogP contribution in [0, 0.1) is 17.2 Å². The summed E-state index contributed by atoms with van der Waals surface area (Å²) in [6.45, 7) is 8.88. The van der Waals surface area contributed by atoms with Gasteiger partial charge in [0, 0.05) is 19.6 Å². The molecule has 2 rings (SSSR count). The average Bonchev–Trinajstić information content (AvgIpc) is 3.07. The van der Waals surface area contributed by atoms with Gasteiger partial charge in [-0.15, -0.1) is 0 Å². The summed E-state index contributed by atoms with van der Waals surface area (Å²) < 4.78 is 1.64. The molecule has 0 amide bonds. The number of aryl methyl sites for hydroxylation is 1. The van der Waals surface area contributed by atoms with E-state index in [0.717, 1.165) is 56.2 Å². The third kappa shape index (κ3) is 6.24. The van der Waals surface area contributed by atoms with Crippen molar-refractivity contribution in [3.63, 3.8) is 0 Å². The minimum Gasteiger partial charge on any atom is -0.382 e. The first kappa shape index (κ1) is 22.3. The first-order valence-electron chi connectivity index (χ1n) is 10.5. The van der Waals surface area contributed by atoms with Crippen LogP contribution in [-0.2, 0) is 6.42 Å². The van der Waals surface area contributed by atoms with Crippen LogP contribution in [0.25, 0.3) is 5.69 Å². The molecular weight excluding hydrogens is 362 g/mol. The monoisotopic (exact) mass is 395 g/mol. The maximum absolute atomic E-state index is 9.51. The van der Waals surface area contributed by atoms with Crippen molar-refractivity contribution in [1.29, 1.82) is 5.26 Å². The first-order chi connectivity index (χ1) is 14.1. The summed E-state index contributed by atoms with van der Waals surface area (Å²) in [6, 6.07) is 11.8. The number of nitrogens with one attached hydrogen (secondary N) is 2. The normalized spacial score (nSPS) is 11.5. The summed E-state index contributed by atoms with van der Waals surface area (Å²) in [6.07, 6.45) is 3.78. The number of guanidine groups is 1. The van der Waals surface area contributed by atoms with Crippen molar-refractivity contribution in [2.24, 2.45) is 10.9 Å². The summed E-state index contributed by atoms with van der Waals surface area (Å²) in [4.78, 5) is 4.69. The van der Waals surface area contributed by atoms with Gasteiger partial charge in [0.15, 0.2) is 5.96 Å². The largest absolute Gasteiger partial charge is 0.382 e. The Kier molecular flexibility index (Phi) is 9.03. The minimum absolute atomic E-state index is 0.390. The van der Waals surface area contributed by atoms with Crippen LogP contribution in [0.4, 0.5) is 5.82 Å². The molecule has 0 unspecified atom stereocenters. The van der Waals surface area contributed by atoms with Gasteiger partial charge in [-0.25, -0.2) is 4.68 Å². The molecule has 1 heterocycles. The van der Waals surface area contributed by atoms with E-state index in [1.807, 2.05) is 30.3 Å². The zero-order valence-electron chi connectivity index (χ0n) is 17.8. The van der Waals surface area contributed by atoms with Crippen LogP contribution in [0.15, 0.2) is 35.3 Å². The fraction of sp³-hybridized carbons (Fsp3) is 0.500.